The van der Waals surface area contributed by atoms with E-state index in [0.717, 1.165) is 5.69 Å². The molecule has 34 heavy (non-hydrogen) atoms. The molecule has 0 aliphatic carbocycles. The molecule has 3 aromatic carbocycles. The molecule has 0 heterocycles. The standard InChI is InChI=1S/C14H15N.C6H6.C6H14.C4H6O.C2H6/c1-10-3-8-14(11(2)9-10)12-4-6-13(15)7-5-12;1-2-4-6-5-3-1;1-5-6(2,3)4;1-3-5-4-2;1-2/h3-9H,15H2,1-2H3;1-6H;5H2,1-4H3;1H,4H2,2H3;1-2H3. The van der Waals surface area contributed by atoms with Gasteiger partial charge in [0, 0.05) is 5.69 Å². The van der Waals surface area contributed by atoms with Crippen molar-refractivity contribution in [3.8, 4) is 23.7 Å². The largest absolute Gasteiger partial charge is 0.447 e. The predicted octanol–water partition coefficient (Wildman–Crippen LogP) is 9.32. The number of rotatable bonds is 2. The summed E-state index contributed by atoms with van der Waals surface area (Å²) in [7, 11) is 0. The van der Waals surface area contributed by atoms with Crippen LogP contribution in [0.5, 0.6) is 0 Å². The molecule has 2 heteroatoms. The van der Waals surface area contributed by atoms with Crippen LogP contribution in [0.1, 0.15) is 66.0 Å². The van der Waals surface area contributed by atoms with E-state index in [4.69, 9.17) is 5.73 Å². The molecule has 0 aliphatic rings. The van der Waals surface area contributed by atoms with E-state index < -0.39 is 0 Å². The first-order valence-corrected chi connectivity index (χ1v) is 12.1. The van der Waals surface area contributed by atoms with Crippen LogP contribution in [0.25, 0.3) is 11.1 Å². The summed E-state index contributed by atoms with van der Waals surface area (Å²) < 4.78 is 4.36. The Morgan fingerprint density at radius 3 is 1.56 bits per heavy atom. The molecule has 0 amide bonds. The second kappa shape index (κ2) is 20.4. The van der Waals surface area contributed by atoms with Crippen LogP contribution in [-0.4, -0.2) is 6.61 Å². The number of benzene rings is 3. The fourth-order valence-corrected chi connectivity index (χ4v) is 2.27. The minimum absolute atomic E-state index is 0.542. The van der Waals surface area contributed by atoms with E-state index in [-0.39, 0.29) is 0 Å². The van der Waals surface area contributed by atoms with Crippen molar-refractivity contribution in [1.82, 2.24) is 0 Å². The number of terminal acetylenes is 1. The minimum Gasteiger partial charge on any atom is -0.447 e. The molecule has 0 atom stereocenters. The lowest BCUT2D eigenvalue weighted by Crippen LogP contribution is -2.00. The zero-order valence-electron chi connectivity index (χ0n) is 23.0. The van der Waals surface area contributed by atoms with E-state index in [9.17, 15) is 0 Å². The molecule has 0 unspecified atom stereocenters. The average Bonchev–Trinajstić information content (AvgIpc) is 2.84. The molecule has 2 nitrogen and oxygen atoms in total. The highest BCUT2D eigenvalue weighted by molar-refractivity contribution is 5.69. The number of nitrogens with two attached hydrogens (primary N) is 1. The fourth-order valence-electron chi connectivity index (χ4n) is 2.27. The van der Waals surface area contributed by atoms with Crippen LogP contribution in [0.3, 0.4) is 0 Å². The van der Waals surface area contributed by atoms with Gasteiger partial charge >= 0.3 is 0 Å². The molecule has 3 aromatic rings. The number of ether oxygens (including phenoxy) is 1. The van der Waals surface area contributed by atoms with Crippen molar-refractivity contribution >= 4 is 5.69 Å². The Kier molecular flexibility index (Phi) is 19.8. The number of hydrogen-bond acceptors (Lipinski definition) is 2. The third-order valence-corrected chi connectivity index (χ3v) is 4.56. The number of nitrogen functional groups attached to an aromatic ring is 1. The lowest BCUT2D eigenvalue weighted by atomic mass is 9.94. The van der Waals surface area contributed by atoms with Crippen LogP contribution in [0.2, 0.25) is 0 Å². The first-order valence-electron chi connectivity index (χ1n) is 12.1. The molecule has 2 N–H and O–H groups in total. The number of aryl methyl sites for hydroxylation is 2. The molecule has 3 rings (SSSR count). The van der Waals surface area contributed by atoms with Crippen LogP contribution in [0.15, 0.2) is 78.9 Å². The summed E-state index contributed by atoms with van der Waals surface area (Å²) in [6.45, 7) is 19.6. The normalized spacial score (nSPS) is 9.06. The second-order valence-corrected chi connectivity index (χ2v) is 8.56. The van der Waals surface area contributed by atoms with E-state index in [1.807, 2.05) is 75.4 Å². The molecule has 0 saturated heterocycles. The van der Waals surface area contributed by atoms with Gasteiger partial charge < -0.3 is 10.5 Å². The summed E-state index contributed by atoms with van der Waals surface area (Å²) in [5.41, 5.74) is 12.1. The van der Waals surface area contributed by atoms with Gasteiger partial charge in [-0.3, -0.25) is 0 Å². The summed E-state index contributed by atoms with van der Waals surface area (Å²) in [4.78, 5) is 0. The third kappa shape index (κ3) is 18.4. The van der Waals surface area contributed by atoms with Gasteiger partial charge in [0.05, 0.1) is 6.61 Å². The van der Waals surface area contributed by atoms with Gasteiger partial charge in [0.1, 0.15) is 6.11 Å². The van der Waals surface area contributed by atoms with Gasteiger partial charge in [-0.1, -0.05) is 127 Å². The first-order chi connectivity index (χ1) is 16.1. The van der Waals surface area contributed by atoms with Crippen molar-refractivity contribution < 1.29 is 4.74 Å². The highest BCUT2D eigenvalue weighted by Gasteiger charge is 2.03. The zero-order chi connectivity index (χ0) is 26.4. The van der Waals surface area contributed by atoms with Gasteiger partial charge in [-0.2, -0.15) is 0 Å². The van der Waals surface area contributed by atoms with Gasteiger partial charge in [-0.05, 0) is 55.0 Å². The van der Waals surface area contributed by atoms with Crippen molar-refractivity contribution in [2.45, 2.75) is 68.7 Å². The molecule has 0 aliphatic heterocycles. The quantitative estimate of drug-likeness (QED) is 0.305. The SMILES string of the molecule is C#COCC.CC.CCC(C)(C)C.Cc1ccc(-c2ccc(N)cc2)c(C)c1.c1ccccc1. The van der Waals surface area contributed by atoms with E-state index >= 15 is 0 Å². The Morgan fingerprint density at radius 2 is 1.26 bits per heavy atom. The monoisotopic (exact) mass is 461 g/mol. The zero-order valence-corrected chi connectivity index (χ0v) is 23.0. The van der Waals surface area contributed by atoms with Crippen LogP contribution < -0.4 is 5.73 Å². The molecular weight excluding hydrogens is 414 g/mol. The van der Waals surface area contributed by atoms with Gasteiger partial charge in [-0.15, -0.1) is 0 Å². The third-order valence-electron chi connectivity index (χ3n) is 4.56. The van der Waals surface area contributed by atoms with Crippen LogP contribution in [0.4, 0.5) is 5.69 Å². The average molecular weight is 462 g/mol. The van der Waals surface area contributed by atoms with Gasteiger partial charge in [-0.25, -0.2) is 0 Å². The lowest BCUT2D eigenvalue weighted by Gasteiger charge is -2.12. The predicted molar refractivity (Wildman–Crippen MR) is 154 cm³/mol. The molecule has 0 spiro atoms. The van der Waals surface area contributed by atoms with Crippen LogP contribution in [0, 0.1) is 31.8 Å². The molecule has 0 radical (unpaired) electrons. The van der Waals surface area contributed by atoms with E-state index in [1.54, 1.807) is 0 Å². The molecule has 0 aromatic heterocycles. The van der Waals surface area contributed by atoms with Crippen molar-refractivity contribution in [3.63, 3.8) is 0 Å². The maximum absolute atomic E-state index is 5.67. The Balaban J connectivity index is 0. The Labute approximate surface area is 210 Å². The fraction of sp³-hybridized carbons (Fsp3) is 0.375. The molecule has 0 fully saturated rings. The van der Waals surface area contributed by atoms with E-state index in [1.165, 1.54) is 28.7 Å². The molecule has 0 saturated carbocycles. The number of hydrogen-bond donors (Lipinski definition) is 1. The van der Waals surface area contributed by atoms with Crippen molar-refractivity contribution in [3.05, 3.63) is 90.0 Å². The van der Waals surface area contributed by atoms with E-state index in [2.05, 4.69) is 83.0 Å². The summed E-state index contributed by atoms with van der Waals surface area (Å²) in [6, 6.07) is 26.5. The van der Waals surface area contributed by atoms with Crippen molar-refractivity contribution in [1.29, 1.82) is 0 Å². The smallest absolute Gasteiger partial charge is 0.106 e. The molecule has 0 bridgehead atoms. The van der Waals surface area contributed by atoms with Gasteiger partial charge in [0.2, 0.25) is 0 Å². The summed E-state index contributed by atoms with van der Waals surface area (Å²) in [5, 5.41) is 0. The molecular formula is C32H47NO. The highest BCUT2D eigenvalue weighted by atomic mass is 16.5. The second-order valence-electron chi connectivity index (χ2n) is 8.56. The summed E-state index contributed by atoms with van der Waals surface area (Å²) in [6.07, 6.45) is 7.95. The lowest BCUT2D eigenvalue weighted by molar-refractivity contribution is 0.300. The summed E-state index contributed by atoms with van der Waals surface area (Å²) in [5.74, 6) is 0. The maximum atomic E-state index is 5.67. The van der Waals surface area contributed by atoms with Crippen molar-refractivity contribution in [2.75, 3.05) is 12.3 Å². The Morgan fingerprint density at radius 1 is 0.824 bits per heavy atom. The first kappa shape index (κ1) is 33.0. The topological polar surface area (TPSA) is 35.2 Å². The Hall–Kier alpha value is -3.18. The van der Waals surface area contributed by atoms with Gasteiger partial charge in [0.15, 0.2) is 0 Å². The van der Waals surface area contributed by atoms with Crippen LogP contribution in [-0.2, 0) is 4.74 Å². The summed E-state index contributed by atoms with van der Waals surface area (Å²) >= 11 is 0. The van der Waals surface area contributed by atoms with E-state index in [0.29, 0.717) is 12.0 Å². The van der Waals surface area contributed by atoms with Crippen molar-refractivity contribution in [2.24, 2.45) is 5.41 Å². The van der Waals surface area contributed by atoms with Gasteiger partial charge in [0.25, 0.3) is 0 Å². The Bertz CT molecular complexity index is 858. The van der Waals surface area contributed by atoms with Crippen LogP contribution >= 0.6 is 0 Å². The maximum Gasteiger partial charge on any atom is 0.106 e. The minimum atomic E-state index is 0.542. The number of anilines is 1. The highest BCUT2D eigenvalue weighted by Crippen LogP contribution is 2.24. The molecule has 186 valence electrons.